The van der Waals surface area contributed by atoms with Gasteiger partial charge in [0.1, 0.15) is 17.5 Å². The molecule has 0 radical (unpaired) electrons. The normalized spacial score (nSPS) is 17.8. The lowest BCUT2D eigenvalue weighted by Gasteiger charge is -2.30. The Labute approximate surface area is 247 Å². The van der Waals surface area contributed by atoms with Crippen LogP contribution in [-0.4, -0.2) is 54.3 Å². The van der Waals surface area contributed by atoms with E-state index in [-0.39, 0.29) is 23.4 Å². The van der Waals surface area contributed by atoms with E-state index in [4.69, 9.17) is 26.3 Å². The van der Waals surface area contributed by atoms with E-state index in [1.807, 2.05) is 6.07 Å². The maximum absolute atomic E-state index is 15.0. The number of rotatable bonds is 8. The number of benzene rings is 3. The molecule has 8 nitrogen and oxygen atoms in total. The van der Waals surface area contributed by atoms with Gasteiger partial charge in [0, 0.05) is 30.6 Å². The van der Waals surface area contributed by atoms with Gasteiger partial charge >= 0.3 is 5.97 Å². The lowest BCUT2D eigenvalue weighted by Crippen LogP contribution is -2.35. The van der Waals surface area contributed by atoms with Crippen LogP contribution in [0.1, 0.15) is 58.8 Å². The minimum atomic E-state index is -0.954. The van der Waals surface area contributed by atoms with Crippen LogP contribution in [0.5, 0.6) is 0 Å². The average Bonchev–Trinajstić information content (AvgIpc) is 3.49. The Bertz CT molecular complexity index is 1830. The summed E-state index contributed by atoms with van der Waals surface area (Å²) in [5.74, 6) is 0.464. The number of aromatic nitrogens is 4. The van der Waals surface area contributed by atoms with Crippen molar-refractivity contribution in [2.24, 2.45) is 0 Å². The first-order chi connectivity index (χ1) is 20.4. The second-order valence-corrected chi connectivity index (χ2v) is 11.6. The molecule has 0 saturated carbocycles. The number of ether oxygens (including phenoxy) is 1. The van der Waals surface area contributed by atoms with Gasteiger partial charge in [0.2, 0.25) is 0 Å². The zero-order chi connectivity index (χ0) is 29.0. The molecule has 2 aromatic heterocycles. The third-order valence-electron chi connectivity index (χ3n) is 8.63. The van der Waals surface area contributed by atoms with Crippen molar-refractivity contribution in [3.63, 3.8) is 0 Å². The average molecular weight is 588 g/mol. The third-order valence-corrected chi connectivity index (χ3v) is 8.87. The monoisotopic (exact) mass is 587 g/mol. The fourth-order valence-electron chi connectivity index (χ4n) is 6.38. The first-order valence-corrected chi connectivity index (χ1v) is 14.8. The molecule has 2 aliphatic rings. The van der Waals surface area contributed by atoms with E-state index < -0.39 is 5.97 Å². The first kappa shape index (κ1) is 27.1. The van der Waals surface area contributed by atoms with Gasteiger partial charge in [-0.15, -0.1) is 0 Å². The zero-order valence-electron chi connectivity index (χ0n) is 23.3. The minimum Gasteiger partial charge on any atom is -0.478 e. The number of carbonyl (C=O) groups is 1. The topological polar surface area (TPSA) is 85.4 Å². The number of imidazole rings is 2. The predicted octanol–water partition coefficient (Wildman–Crippen LogP) is 6.22. The van der Waals surface area contributed by atoms with Crippen LogP contribution >= 0.6 is 11.6 Å². The second-order valence-electron chi connectivity index (χ2n) is 11.2. The summed E-state index contributed by atoms with van der Waals surface area (Å²) < 4.78 is 25.1. The molecule has 1 N–H and O–H groups in total. The van der Waals surface area contributed by atoms with Crippen LogP contribution in [-0.2, 0) is 30.9 Å². The van der Waals surface area contributed by atoms with Crippen LogP contribution < -0.4 is 0 Å². The van der Waals surface area contributed by atoms with E-state index in [0.29, 0.717) is 30.2 Å². The van der Waals surface area contributed by atoms with Gasteiger partial charge in [-0.05, 0) is 60.4 Å². The van der Waals surface area contributed by atoms with Crippen LogP contribution in [0.3, 0.4) is 0 Å². The Morgan fingerprint density at radius 1 is 1.12 bits per heavy atom. The molecule has 7 rings (SSSR count). The molecule has 3 aromatic carbocycles. The number of fused-ring (bicyclic) bond motifs is 4. The highest BCUT2D eigenvalue weighted by Gasteiger charge is 2.27. The first-order valence-electron chi connectivity index (χ1n) is 14.4. The molecule has 216 valence electrons. The lowest BCUT2D eigenvalue weighted by molar-refractivity contribution is -0.0592. The van der Waals surface area contributed by atoms with E-state index in [9.17, 15) is 14.3 Å². The van der Waals surface area contributed by atoms with Crippen molar-refractivity contribution in [1.29, 1.82) is 0 Å². The Hall–Kier alpha value is -3.79. The van der Waals surface area contributed by atoms with E-state index in [1.165, 1.54) is 6.07 Å². The van der Waals surface area contributed by atoms with Crippen molar-refractivity contribution >= 4 is 39.6 Å². The summed E-state index contributed by atoms with van der Waals surface area (Å²) in [6, 6.07) is 16.2. The smallest absolute Gasteiger partial charge is 0.335 e. The number of hydrogen-bond donors (Lipinski definition) is 1. The Kier molecular flexibility index (Phi) is 6.96. The van der Waals surface area contributed by atoms with E-state index in [0.717, 1.165) is 71.8 Å². The summed E-state index contributed by atoms with van der Waals surface area (Å²) in [6.45, 7) is 6.30. The number of para-hydroxylation sites is 1. The molecule has 0 spiro atoms. The minimum absolute atomic E-state index is 0.107. The number of aromatic carboxylic acids is 1. The molecule has 0 aliphatic carbocycles. The molecule has 42 heavy (non-hydrogen) atoms. The summed E-state index contributed by atoms with van der Waals surface area (Å²) in [7, 11) is 0. The second kappa shape index (κ2) is 10.8. The number of carboxylic acids is 1. The van der Waals surface area contributed by atoms with Gasteiger partial charge in [-0.1, -0.05) is 36.7 Å². The molecule has 1 fully saturated rings. The summed E-state index contributed by atoms with van der Waals surface area (Å²) >= 11 is 6.04. The fraction of sp³-hybridized carbons (Fsp3) is 0.344. The van der Waals surface area contributed by atoms with E-state index in [2.05, 4.69) is 33.1 Å². The van der Waals surface area contributed by atoms with Crippen molar-refractivity contribution in [2.75, 3.05) is 13.2 Å². The Morgan fingerprint density at radius 2 is 1.98 bits per heavy atom. The molecular formula is C32H31ClFN5O3. The molecule has 2 atom stereocenters. The van der Waals surface area contributed by atoms with Gasteiger partial charge in [0.05, 0.1) is 53.4 Å². The molecule has 5 aromatic rings. The third kappa shape index (κ3) is 4.75. The van der Waals surface area contributed by atoms with Crippen molar-refractivity contribution in [3.05, 3.63) is 93.8 Å². The number of nitrogens with zero attached hydrogens (tertiary/aromatic N) is 5. The maximum atomic E-state index is 15.0. The van der Waals surface area contributed by atoms with Gasteiger partial charge in [-0.3, -0.25) is 4.90 Å². The van der Waals surface area contributed by atoms with Gasteiger partial charge in [0.25, 0.3) is 0 Å². The highest BCUT2D eigenvalue weighted by molar-refractivity contribution is 6.30. The molecule has 1 unspecified atom stereocenters. The Balaban J connectivity index is 1.20. The summed E-state index contributed by atoms with van der Waals surface area (Å²) in [6.07, 6.45) is 1.82. The van der Waals surface area contributed by atoms with Crippen LogP contribution in [0, 0.1) is 5.82 Å². The zero-order valence-corrected chi connectivity index (χ0v) is 24.0. The molecule has 0 amide bonds. The number of carboxylic acid groups (broad SMARTS) is 1. The van der Waals surface area contributed by atoms with Crippen molar-refractivity contribution in [1.82, 2.24) is 24.0 Å². The van der Waals surface area contributed by atoms with Gasteiger partial charge < -0.3 is 19.0 Å². The highest BCUT2D eigenvalue weighted by atomic mass is 35.5. The van der Waals surface area contributed by atoms with Crippen molar-refractivity contribution in [3.8, 4) is 0 Å². The van der Waals surface area contributed by atoms with Crippen LogP contribution in [0.4, 0.5) is 4.39 Å². The van der Waals surface area contributed by atoms with Crippen LogP contribution in [0.25, 0.3) is 22.1 Å². The predicted molar refractivity (Wildman–Crippen MR) is 158 cm³/mol. The summed E-state index contributed by atoms with van der Waals surface area (Å²) in [5, 5.41) is 9.95. The number of hydrogen-bond acceptors (Lipinski definition) is 5. The van der Waals surface area contributed by atoms with E-state index in [1.54, 1.807) is 30.3 Å². The summed E-state index contributed by atoms with van der Waals surface area (Å²) in [5.41, 5.74) is 5.45. The molecule has 0 bridgehead atoms. The fourth-order valence-corrected chi connectivity index (χ4v) is 6.54. The lowest BCUT2D eigenvalue weighted by atomic mass is 9.88. The van der Waals surface area contributed by atoms with Gasteiger partial charge in [-0.25, -0.2) is 19.2 Å². The van der Waals surface area contributed by atoms with Crippen molar-refractivity contribution < 1.29 is 19.0 Å². The van der Waals surface area contributed by atoms with Crippen molar-refractivity contribution in [2.45, 2.75) is 58.0 Å². The largest absolute Gasteiger partial charge is 0.478 e. The Morgan fingerprint density at radius 3 is 2.71 bits per heavy atom. The maximum Gasteiger partial charge on any atom is 0.335 e. The standard InChI is InChI=1S/C32H31ClFN5O3/c1-2-22(23-8-7-20(33)15-25(23)34)24-4-3-5-27-31(24)36-30-18-37(11-12-38(27)30)17-29-35-26-9-6-19(32(40)41)14-28(26)39(29)16-21-10-13-42-21/h3-9,14-15,21-22H,2,10-13,16-18H2,1H3,(H,40,41)/t21-,22?/m0/s1. The quantitative estimate of drug-likeness (QED) is 0.232. The van der Waals surface area contributed by atoms with Crippen LogP contribution in [0.15, 0.2) is 54.6 Å². The van der Waals surface area contributed by atoms with E-state index >= 15 is 0 Å². The number of halogens is 2. The SMILES string of the molecule is CCC(c1ccc(Cl)cc1F)c1cccc2c1nc1n2CCN(Cc2nc3ccc(C(=O)O)cc3n2C[C@@H]2CCO2)C1. The van der Waals surface area contributed by atoms with Gasteiger partial charge in [-0.2, -0.15) is 0 Å². The molecule has 10 heteroatoms. The highest BCUT2D eigenvalue weighted by Crippen LogP contribution is 2.36. The summed E-state index contributed by atoms with van der Waals surface area (Å²) in [4.78, 5) is 24.0. The van der Waals surface area contributed by atoms with Gasteiger partial charge in [0.15, 0.2) is 0 Å². The van der Waals surface area contributed by atoms with Crippen LogP contribution in [0.2, 0.25) is 5.02 Å². The molecule has 2 aliphatic heterocycles. The molecular weight excluding hydrogens is 557 g/mol. The molecule has 4 heterocycles. The molecule has 1 saturated heterocycles.